The summed E-state index contributed by atoms with van der Waals surface area (Å²) in [6, 6.07) is 7.88. The van der Waals surface area contributed by atoms with Crippen molar-refractivity contribution in [3.8, 4) is 0 Å². The molecular formula is C21H15BrF6N4O. The number of hydrogen-bond acceptors (Lipinski definition) is 3. The molecule has 2 aromatic carbocycles. The topological polar surface area (TPSA) is 59.0 Å². The molecule has 2 N–H and O–H groups in total. The van der Waals surface area contributed by atoms with Gasteiger partial charge in [0, 0.05) is 16.6 Å². The van der Waals surface area contributed by atoms with Crippen LogP contribution in [0, 0.1) is 0 Å². The lowest BCUT2D eigenvalue weighted by Crippen LogP contribution is -2.36. The predicted octanol–water partition coefficient (Wildman–Crippen LogP) is 6.58. The monoisotopic (exact) mass is 532 g/mol. The van der Waals surface area contributed by atoms with E-state index in [1.807, 2.05) is 0 Å². The first-order chi connectivity index (χ1) is 15.4. The Morgan fingerprint density at radius 2 is 1.79 bits per heavy atom. The summed E-state index contributed by atoms with van der Waals surface area (Å²) in [6.07, 6.45) is -8.63. The standard InChI is InChI=1S/C21H15BrF6N4O/c22-13-6-4-11(5-7-13)16-9-17(21(26,27)28)32-18(31-16)15(10-29-32)19(33)30-14-3-1-2-12(8-14)20(23,24)25/h1-8,10,16-17,31H,9H2,(H,30,33)/t16-,17-/m0/s1. The third kappa shape index (κ3) is 4.85. The molecule has 1 amide bonds. The van der Waals surface area contributed by atoms with Crippen LogP contribution in [0.5, 0.6) is 0 Å². The molecule has 174 valence electrons. The lowest BCUT2D eigenvalue weighted by Gasteiger charge is -2.34. The second kappa shape index (κ2) is 8.40. The van der Waals surface area contributed by atoms with Crippen LogP contribution < -0.4 is 10.6 Å². The van der Waals surface area contributed by atoms with E-state index in [1.54, 1.807) is 24.3 Å². The molecule has 0 aliphatic carbocycles. The van der Waals surface area contributed by atoms with Gasteiger partial charge >= 0.3 is 12.4 Å². The van der Waals surface area contributed by atoms with E-state index in [-0.39, 0.29) is 23.5 Å². The van der Waals surface area contributed by atoms with Gasteiger partial charge < -0.3 is 10.6 Å². The van der Waals surface area contributed by atoms with Crippen molar-refractivity contribution in [2.45, 2.75) is 30.9 Å². The zero-order chi connectivity index (χ0) is 24.0. The number of fused-ring (bicyclic) bond motifs is 1. The predicted molar refractivity (Wildman–Crippen MR) is 112 cm³/mol. The number of carbonyl (C=O) groups excluding carboxylic acids is 1. The van der Waals surface area contributed by atoms with Crippen LogP contribution in [0.25, 0.3) is 0 Å². The lowest BCUT2D eigenvalue weighted by atomic mass is 9.96. The number of alkyl halides is 6. The summed E-state index contributed by atoms with van der Waals surface area (Å²) >= 11 is 3.27. The number of anilines is 2. The van der Waals surface area contributed by atoms with Crippen LogP contribution in [0.15, 0.2) is 59.2 Å². The van der Waals surface area contributed by atoms with Crippen LogP contribution in [0.3, 0.4) is 0 Å². The molecule has 0 bridgehead atoms. The van der Waals surface area contributed by atoms with Crippen LogP contribution in [-0.2, 0) is 6.18 Å². The average molecular weight is 533 g/mol. The van der Waals surface area contributed by atoms with Gasteiger partial charge in [0.1, 0.15) is 11.4 Å². The molecule has 0 fully saturated rings. The van der Waals surface area contributed by atoms with Crippen molar-refractivity contribution in [2.75, 3.05) is 10.6 Å². The number of nitrogens with one attached hydrogen (secondary N) is 2. The largest absolute Gasteiger partial charge is 0.416 e. The molecule has 1 aromatic heterocycles. The molecule has 0 radical (unpaired) electrons. The van der Waals surface area contributed by atoms with E-state index in [9.17, 15) is 31.1 Å². The highest BCUT2D eigenvalue weighted by molar-refractivity contribution is 9.10. The van der Waals surface area contributed by atoms with Gasteiger partial charge in [-0.1, -0.05) is 34.1 Å². The van der Waals surface area contributed by atoms with E-state index < -0.39 is 35.9 Å². The van der Waals surface area contributed by atoms with Crippen LogP contribution >= 0.6 is 15.9 Å². The molecule has 4 rings (SSSR count). The van der Waals surface area contributed by atoms with E-state index in [0.717, 1.165) is 28.9 Å². The van der Waals surface area contributed by atoms with Crippen LogP contribution in [0.4, 0.5) is 37.8 Å². The maximum Gasteiger partial charge on any atom is 0.416 e. The summed E-state index contributed by atoms with van der Waals surface area (Å²) in [5.74, 6) is -1.05. The number of halogens is 7. The minimum absolute atomic E-state index is 0.151. The Hall–Kier alpha value is -3.02. The minimum atomic E-state index is -4.63. The lowest BCUT2D eigenvalue weighted by molar-refractivity contribution is -0.173. The molecular weight excluding hydrogens is 518 g/mol. The number of carbonyl (C=O) groups is 1. The van der Waals surface area contributed by atoms with Crippen molar-refractivity contribution in [2.24, 2.45) is 0 Å². The minimum Gasteiger partial charge on any atom is -0.363 e. The summed E-state index contributed by atoms with van der Waals surface area (Å²) in [5.41, 5.74) is -0.766. The third-order valence-electron chi connectivity index (χ3n) is 5.20. The fraction of sp³-hybridized carbons (Fsp3) is 0.238. The first-order valence-electron chi connectivity index (χ1n) is 9.58. The summed E-state index contributed by atoms with van der Waals surface area (Å²) in [6.45, 7) is 0. The van der Waals surface area contributed by atoms with Gasteiger partial charge in [0.05, 0.1) is 17.8 Å². The molecule has 5 nitrogen and oxygen atoms in total. The Kier molecular flexibility index (Phi) is 5.89. The summed E-state index contributed by atoms with van der Waals surface area (Å²) in [4.78, 5) is 12.8. The zero-order valence-electron chi connectivity index (χ0n) is 16.5. The Bertz CT molecular complexity index is 1170. The summed E-state index contributed by atoms with van der Waals surface area (Å²) in [5, 5.41) is 8.99. The molecule has 3 aromatic rings. The molecule has 12 heteroatoms. The van der Waals surface area contributed by atoms with Crippen molar-refractivity contribution >= 4 is 33.3 Å². The Morgan fingerprint density at radius 3 is 2.42 bits per heavy atom. The van der Waals surface area contributed by atoms with Crippen molar-refractivity contribution in [1.82, 2.24) is 9.78 Å². The normalized spacial score (nSPS) is 18.4. The first-order valence-corrected chi connectivity index (χ1v) is 10.4. The highest BCUT2D eigenvalue weighted by Crippen LogP contribution is 2.44. The summed E-state index contributed by atoms with van der Waals surface area (Å²) < 4.78 is 81.6. The Morgan fingerprint density at radius 1 is 1.09 bits per heavy atom. The molecule has 1 aliphatic heterocycles. The van der Waals surface area contributed by atoms with Gasteiger partial charge in [0.15, 0.2) is 6.04 Å². The molecule has 2 atom stereocenters. The molecule has 0 unspecified atom stereocenters. The van der Waals surface area contributed by atoms with Crippen LogP contribution in [0.1, 0.15) is 40.0 Å². The van der Waals surface area contributed by atoms with Gasteiger partial charge in [-0.3, -0.25) is 4.79 Å². The quantitative estimate of drug-likeness (QED) is 0.375. The summed E-state index contributed by atoms with van der Waals surface area (Å²) in [7, 11) is 0. The highest BCUT2D eigenvalue weighted by atomic mass is 79.9. The fourth-order valence-electron chi connectivity index (χ4n) is 3.61. The van der Waals surface area contributed by atoms with E-state index >= 15 is 0 Å². The van der Waals surface area contributed by atoms with Gasteiger partial charge in [0.25, 0.3) is 5.91 Å². The Balaban J connectivity index is 1.67. The SMILES string of the molecule is O=C(Nc1cccc(C(F)(F)F)c1)c1cnn2c1N[C@H](c1ccc(Br)cc1)C[C@H]2C(F)(F)F. The number of benzene rings is 2. The van der Waals surface area contributed by atoms with E-state index in [1.165, 1.54) is 6.07 Å². The first kappa shape index (κ1) is 23.1. The zero-order valence-corrected chi connectivity index (χ0v) is 18.1. The molecule has 33 heavy (non-hydrogen) atoms. The van der Waals surface area contributed by atoms with Gasteiger partial charge in [-0.25, -0.2) is 4.68 Å². The number of rotatable bonds is 3. The molecule has 0 saturated heterocycles. The van der Waals surface area contributed by atoms with Crippen molar-refractivity contribution in [1.29, 1.82) is 0 Å². The van der Waals surface area contributed by atoms with Crippen molar-refractivity contribution in [3.63, 3.8) is 0 Å². The molecule has 1 aliphatic rings. The van der Waals surface area contributed by atoms with Gasteiger partial charge in [0.2, 0.25) is 0 Å². The van der Waals surface area contributed by atoms with Crippen molar-refractivity contribution < 1.29 is 31.1 Å². The number of amides is 1. The molecule has 0 saturated carbocycles. The van der Waals surface area contributed by atoms with E-state index in [0.29, 0.717) is 10.2 Å². The van der Waals surface area contributed by atoms with Crippen LogP contribution in [-0.4, -0.2) is 21.9 Å². The van der Waals surface area contributed by atoms with Gasteiger partial charge in [-0.15, -0.1) is 0 Å². The smallest absolute Gasteiger partial charge is 0.363 e. The molecule has 0 spiro atoms. The second-order valence-corrected chi connectivity index (χ2v) is 8.34. The maximum atomic E-state index is 13.8. The maximum absolute atomic E-state index is 13.8. The molecule has 2 heterocycles. The number of hydrogen-bond donors (Lipinski definition) is 2. The van der Waals surface area contributed by atoms with Crippen LogP contribution in [0.2, 0.25) is 0 Å². The number of aromatic nitrogens is 2. The highest BCUT2D eigenvalue weighted by Gasteiger charge is 2.47. The second-order valence-electron chi connectivity index (χ2n) is 7.43. The third-order valence-corrected chi connectivity index (χ3v) is 5.73. The van der Waals surface area contributed by atoms with Crippen molar-refractivity contribution in [3.05, 3.63) is 75.9 Å². The van der Waals surface area contributed by atoms with Gasteiger partial charge in [-0.05, 0) is 35.9 Å². The fourth-order valence-corrected chi connectivity index (χ4v) is 3.88. The number of nitrogens with zero attached hydrogens (tertiary/aromatic N) is 2. The average Bonchev–Trinajstić information content (AvgIpc) is 3.16. The van der Waals surface area contributed by atoms with Gasteiger partial charge in [-0.2, -0.15) is 31.4 Å². The Labute approximate surface area is 191 Å². The van der Waals surface area contributed by atoms with E-state index in [4.69, 9.17) is 0 Å². The van der Waals surface area contributed by atoms with E-state index in [2.05, 4.69) is 31.7 Å².